The quantitative estimate of drug-likeness (QED) is 0.807. The van der Waals surface area contributed by atoms with Gasteiger partial charge in [-0.05, 0) is 34.1 Å². The monoisotopic (exact) mass is 282 g/mol. The smallest absolute Gasteiger partial charge is 0.229 e. The van der Waals surface area contributed by atoms with Crippen molar-refractivity contribution in [2.75, 3.05) is 0 Å². The second-order valence-corrected chi connectivity index (χ2v) is 4.20. The topological polar surface area (TPSA) is 60.8 Å². The van der Waals surface area contributed by atoms with Gasteiger partial charge in [0.1, 0.15) is 11.6 Å². The first-order chi connectivity index (χ1) is 7.11. The SMILES string of the molecule is N#Cc1cc2cc(Cl)cc(Br)c2oc1=N. The van der Waals surface area contributed by atoms with Gasteiger partial charge in [0.25, 0.3) is 0 Å². The standard InChI is InChI=1S/C10H4BrClN2O/c11-8-3-7(12)2-5-1-6(4-13)10(14)15-9(5)8/h1-3,14H. The fourth-order valence-electron chi connectivity index (χ4n) is 1.26. The second-order valence-electron chi connectivity index (χ2n) is 2.91. The summed E-state index contributed by atoms with van der Waals surface area (Å²) in [7, 11) is 0. The molecule has 0 saturated carbocycles. The van der Waals surface area contributed by atoms with Crippen molar-refractivity contribution < 1.29 is 4.42 Å². The Bertz CT molecular complexity index is 642. The van der Waals surface area contributed by atoms with E-state index in [4.69, 9.17) is 26.7 Å². The van der Waals surface area contributed by atoms with Crippen LogP contribution >= 0.6 is 27.5 Å². The first-order valence-electron chi connectivity index (χ1n) is 3.99. The van der Waals surface area contributed by atoms with Crippen LogP contribution in [-0.4, -0.2) is 0 Å². The van der Waals surface area contributed by atoms with Gasteiger partial charge in [0.2, 0.25) is 5.55 Å². The van der Waals surface area contributed by atoms with Gasteiger partial charge in [-0.3, -0.25) is 5.41 Å². The minimum Gasteiger partial charge on any atom is -0.436 e. The fourth-order valence-corrected chi connectivity index (χ4v) is 2.17. The van der Waals surface area contributed by atoms with Crippen molar-refractivity contribution >= 4 is 38.5 Å². The molecule has 1 N–H and O–H groups in total. The number of hydrogen-bond donors (Lipinski definition) is 1. The molecule has 0 unspecified atom stereocenters. The Kier molecular flexibility index (Phi) is 2.51. The van der Waals surface area contributed by atoms with Crippen LogP contribution in [0.2, 0.25) is 5.02 Å². The number of nitriles is 1. The van der Waals surface area contributed by atoms with Gasteiger partial charge in [-0.2, -0.15) is 5.26 Å². The molecular weight excluding hydrogens is 279 g/mol. The van der Waals surface area contributed by atoms with Gasteiger partial charge < -0.3 is 4.42 Å². The van der Waals surface area contributed by atoms with E-state index in [2.05, 4.69) is 15.9 Å². The summed E-state index contributed by atoms with van der Waals surface area (Å²) in [6, 6.07) is 6.83. The molecule has 1 heterocycles. The summed E-state index contributed by atoms with van der Waals surface area (Å²) in [5.41, 5.74) is 0.563. The molecule has 3 nitrogen and oxygen atoms in total. The summed E-state index contributed by atoms with van der Waals surface area (Å²) in [4.78, 5) is 0. The zero-order valence-electron chi connectivity index (χ0n) is 7.34. The maximum atomic E-state index is 8.74. The summed E-state index contributed by atoms with van der Waals surface area (Å²) in [5.74, 6) is 0. The molecule has 0 saturated heterocycles. The zero-order chi connectivity index (χ0) is 11.0. The van der Waals surface area contributed by atoms with Crippen molar-refractivity contribution in [1.82, 2.24) is 0 Å². The first kappa shape index (κ1) is 10.2. The average Bonchev–Trinajstić information content (AvgIpc) is 2.18. The molecule has 0 radical (unpaired) electrons. The number of hydrogen-bond acceptors (Lipinski definition) is 3. The molecule has 0 amide bonds. The number of nitrogens with zero attached hydrogens (tertiary/aromatic N) is 1. The van der Waals surface area contributed by atoms with Gasteiger partial charge >= 0.3 is 0 Å². The van der Waals surface area contributed by atoms with E-state index in [0.717, 1.165) is 0 Å². The van der Waals surface area contributed by atoms with E-state index in [1.165, 1.54) is 0 Å². The summed E-state index contributed by atoms with van der Waals surface area (Å²) >= 11 is 9.14. The molecule has 0 aliphatic rings. The third kappa shape index (κ3) is 1.76. The lowest BCUT2D eigenvalue weighted by molar-refractivity contribution is 0.529. The summed E-state index contributed by atoms with van der Waals surface area (Å²) in [6.45, 7) is 0. The Morgan fingerprint density at radius 3 is 2.80 bits per heavy atom. The summed E-state index contributed by atoms with van der Waals surface area (Å²) in [5, 5.41) is 17.4. The van der Waals surface area contributed by atoms with Gasteiger partial charge in [0.05, 0.1) is 4.47 Å². The molecule has 0 aliphatic heterocycles. The lowest BCUT2D eigenvalue weighted by atomic mass is 10.2. The Hall–Kier alpha value is -1.31. The van der Waals surface area contributed by atoms with Crippen LogP contribution in [0.25, 0.3) is 11.0 Å². The number of nitrogens with one attached hydrogen (secondary N) is 1. The molecule has 0 fully saturated rings. The highest BCUT2D eigenvalue weighted by molar-refractivity contribution is 9.10. The van der Waals surface area contributed by atoms with Crippen molar-refractivity contribution in [1.29, 1.82) is 10.7 Å². The van der Waals surface area contributed by atoms with Crippen molar-refractivity contribution in [3.8, 4) is 6.07 Å². The van der Waals surface area contributed by atoms with Crippen LogP contribution in [0.3, 0.4) is 0 Å². The van der Waals surface area contributed by atoms with Crippen LogP contribution in [-0.2, 0) is 0 Å². The molecule has 5 heteroatoms. The highest BCUT2D eigenvalue weighted by Crippen LogP contribution is 2.27. The lowest BCUT2D eigenvalue weighted by Crippen LogP contribution is -2.03. The highest BCUT2D eigenvalue weighted by atomic mass is 79.9. The van der Waals surface area contributed by atoms with E-state index in [9.17, 15) is 0 Å². The van der Waals surface area contributed by atoms with Gasteiger partial charge in [0, 0.05) is 10.4 Å². The van der Waals surface area contributed by atoms with Crippen LogP contribution in [0.4, 0.5) is 0 Å². The van der Waals surface area contributed by atoms with E-state index in [1.54, 1.807) is 18.2 Å². The summed E-state index contributed by atoms with van der Waals surface area (Å²) in [6.07, 6.45) is 0. The van der Waals surface area contributed by atoms with Gasteiger partial charge in [-0.15, -0.1) is 0 Å². The van der Waals surface area contributed by atoms with Crippen LogP contribution in [0.1, 0.15) is 5.56 Å². The van der Waals surface area contributed by atoms with Crippen LogP contribution in [0.15, 0.2) is 27.1 Å². The zero-order valence-corrected chi connectivity index (χ0v) is 9.69. The Balaban J connectivity index is 2.95. The van der Waals surface area contributed by atoms with Crippen LogP contribution in [0.5, 0.6) is 0 Å². The Labute approximate surface area is 98.5 Å². The summed E-state index contributed by atoms with van der Waals surface area (Å²) < 4.78 is 5.88. The van der Waals surface area contributed by atoms with E-state index in [0.29, 0.717) is 20.5 Å². The van der Waals surface area contributed by atoms with Gasteiger partial charge in [-0.1, -0.05) is 11.6 Å². The largest absolute Gasteiger partial charge is 0.436 e. The van der Waals surface area contributed by atoms with E-state index < -0.39 is 0 Å². The number of rotatable bonds is 0. The molecule has 0 atom stereocenters. The predicted molar refractivity (Wildman–Crippen MR) is 59.5 cm³/mol. The number of halogens is 2. The fraction of sp³-hybridized carbons (Fsp3) is 0. The molecule has 0 bridgehead atoms. The Morgan fingerprint density at radius 1 is 1.40 bits per heavy atom. The van der Waals surface area contributed by atoms with Crippen molar-refractivity contribution in [3.63, 3.8) is 0 Å². The highest BCUT2D eigenvalue weighted by Gasteiger charge is 2.06. The minimum atomic E-state index is -0.145. The Morgan fingerprint density at radius 2 is 2.13 bits per heavy atom. The average molecular weight is 284 g/mol. The van der Waals surface area contributed by atoms with Gasteiger partial charge in [0.15, 0.2) is 5.58 Å². The van der Waals surface area contributed by atoms with Crippen molar-refractivity contribution in [2.24, 2.45) is 0 Å². The van der Waals surface area contributed by atoms with Crippen molar-refractivity contribution in [2.45, 2.75) is 0 Å². The normalized spacial score (nSPS) is 10.2. The van der Waals surface area contributed by atoms with Crippen molar-refractivity contribution in [3.05, 3.63) is 38.8 Å². The molecular formula is C10H4BrClN2O. The molecule has 1 aromatic heterocycles. The van der Waals surface area contributed by atoms with E-state index >= 15 is 0 Å². The van der Waals surface area contributed by atoms with Crippen LogP contribution in [0, 0.1) is 16.7 Å². The third-order valence-electron chi connectivity index (χ3n) is 1.91. The predicted octanol–water partition coefficient (Wildman–Crippen LogP) is 3.20. The third-order valence-corrected chi connectivity index (χ3v) is 2.71. The molecule has 1 aromatic carbocycles. The molecule has 2 aromatic rings. The maximum Gasteiger partial charge on any atom is 0.229 e. The first-order valence-corrected chi connectivity index (χ1v) is 5.16. The lowest BCUT2D eigenvalue weighted by Gasteiger charge is -2.01. The number of benzene rings is 1. The molecule has 74 valence electrons. The molecule has 15 heavy (non-hydrogen) atoms. The number of fused-ring (bicyclic) bond motifs is 1. The molecule has 2 rings (SSSR count). The minimum absolute atomic E-state index is 0.145. The van der Waals surface area contributed by atoms with E-state index in [1.807, 2.05) is 6.07 Å². The second kappa shape index (κ2) is 3.69. The molecule has 0 spiro atoms. The van der Waals surface area contributed by atoms with Gasteiger partial charge in [-0.25, -0.2) is 0 Å². The van der Waals surface area contributed by atoms with E-state index in [-0.39, 0.29) is 11.1 Å². The van der Waals surface area contributed by atoms with Crippen LogP contribution < -0.4 is 5.55 Å². The maximum absolute atomic E-state index is 8.74. The molecule has 0 aliphatic carbocycles.